The monoisotopic (exact) mass is 430 g/mol. The van der Waals surface area contributed by atoms with Crippen molar-refractivity contribution in [3.8, 4) is 0 Å². The van der Waals surface area contributed by atoms with Crippen LogP contribution in [0.15, 0.2) is 53.9 Å². The lowest BCUT2D eigenvalue weighted by molar-refractivity contribution is 0.0785. The largest absolute Gasteiger partial charge is 0.337 e. The van der Waals surface area contributed by atoms with Gasteiger partial charge in [0.2, 0.25) is 10.0 Å². The molecule has 0 spiro atoms. The highest BCUT2D eigenvalue weighted by atomic mass is 35.5. The Morgan fingerprint density at radius 2 is 2.00 bits per heavy atom. The van der Waals surface area contributed by atoms with Gasteiger partial charge in [-0.1, -0.05) is 41.4 Å². The van der Waals surface area contributed by atoms with Gasteiger partial charge < -0.3 is 4.90 Å². The predicted molar refractivity (Wildman–Crippen MR) is 104 cm³/mol. The van der Waals surface area contributed by atoms with Gasteiger partial charge in [-0.25, -0.2) is 17.5 Å². The molecule has 2 rings (SSSR count). The van der Waals surface area contributed by atoms with Crippen LogP contribution in [0.5, 0.6) is 0 Å². The summed E-state index contributed by atoms with van der Waals surface area (Å²) in [5, 5.41) is 0.688. The van der Waals surface area contributed by atoms with Gasteiger partial charge in [-0.05, 0) is 29.8 Å². The smallest absolute Gasteiger partial charge is 0.253 e. The van der Waals surface area contributed by atoms with Gasteiger partial charge >= 0.3 is 0 Å². The van der Waals surface area contributed by atoms with Crippen molar-refractivity contribution in [1.29, 1.82) is 0 Å². The Balaban J connectivity index is 2.29. The number of carbonyl (C=O) groups excluding carboxylic acids is 1. The number of hydrogen-bond acceptors (Lipinski definition) is 3. The SMILES string of the molecule is C=CCNS(=O)(=O)c1cc(C(=O)N(C)Cc2cccc(Cl)c2Cl)ccc1F. The van der Waals surface area contributed by atoms with Gasteiger partial charge in [-0.2, -0.15) is 0 Å². The summed E-state index contributed by atoms with van der Waals surface area (Å²) in [5.41, 5.74) is 0.652. The molecule has 2 aromatic rings. The minimum absolute atomic E-state index is 0.0241. The van der Waals surface area contributed by atoms with E-state index in [1.807, 2.05) is 0 Å². The van der Waals surface area contributed by atoms with Crippen LogP contribution in [0.1, 0.15) is 15.9 Å². The van der Waals surface area contributed by atoms with E-state index in [1.54, 1.807) is 18.2 Å². The number of rotatable bonds is 7. The molecule has 0 atom stereocenters. The van der Waals surface area contributed by atoms with E-state index in [0.717, 1.165) is 12.1 Å². The molecule has 1 N–H and O–H groups in total. The summed E-state index contributed by atoms with van der Waals surface area (Å²) in [5.74, 6) is -1.45. The fourth-order valence-corrected chi connectivity index (χ4v) is 3.79. The van der Waals surface area contributed by atoms with Crippen LogP contribution in [-0.4, -0.2) is 32.8 Å². The topological polar surface area (TPSA) is 66.5 Å². The highest BCUT2D eigenvalue weighted by Gasteiger charge is 2.22. The van der Waals surface area contributed by atoms with Crippen molar-refractivity contribution >= 4 is 39.1 Å². The molecule has 2 aromatic carbocycles. The lowest BCUT2D eigenvalue weighted by atomic mass is 10.1. The standard InChI is InChI=1S/C18H17Cl2FN2O3S/c1-3-9-22-27(25,26)16-10-12(7-8-15(16)21)18(24)23(2)11-13-5-4-6-14(19)17(13)20/h3-8,10,22H,1,9,11H2,2H3. The summed E-state index contributed by atoms with van der Waals surface area (Å²) in [6.07, 6.45) is 1.33. The summed E-state index contributed by atoms with van der Waals surface area (Å²) < 4.78 is 40.5. The van der Waals surface area contributed by atoms with Crippen LogP contribution in [0, 0.1) is 5.82 Å². The van der Waals surface area contributed by atoms with Crippen molar-refractivity contribution in [2.45, 2.75) is 11.4 Å². The number of sulfonamides is 1. The molecule has 0 saturated heterocycles. The molecule has 144 valence electrons. The van der Waals surface area contributed by atoms with E-state index in [2.05, 4.69) is 11.3 Å². The van der Waals surface area contributed by atoms with Crippen LogP contribution in [-0.2, 0) is 16.6 Å². The van der Waals surface area contributed by atoms with E-state index in [-0.39, 0.29) is 18.7 Å². The molecule has 0 heterocycles. The third-order valence-electron chi connectivity index (χ3n) is 3.67. The minimum Gasteiger partial charge on any atom is -0.337 e. The molecule has 1 amide bonds. The van der Waals surface area contributed by atoms with E-state index in [4.69, 9.17) is 23.2 Å². The molecule has 0 saturated carbocycles. The highest BCUT2D eigenvalue weighted by Crippen LogP contribution is 2.27. The van der Waals surface area contributed by atoms with Crippen molar-refractivity contribution in [3.05, 3.63) is 76.0 Å². The van der Waals surface area contributed by atoms with Gasteiger partial charge in [-0.15, -0.1) is 6.58 Å². The maximum Gasteiger partial charge on any atom is 0.253 e. The second-order valence-electron chi connectivity index (χ2n) is 5.66. The number of hydrogen-bond donors (Lipinski definition) is 1. The zero-order valence-electron chi connectivity index (χ0n) is 14.4. The molecular weight excluding hydrogens is 414 g/mol. The van der Waals surface area contributed by atoms with E-state index in [1.165, 1.54) is 24.1 Å². The molecule has 0 aliphatic carbocycles. The van der Waals surface area contributed by atoms with Crippen LogP contribution in [0.4, 0.5) is 4.39 Å². The van der Waals surface area contributed by atoms with Crippen molar-refractivity contribution in [3.63, 3.8) is 0 Å². The minimum atomic E-state index is -4.11. The zero-order valence-corrected chi connectivity index (χ0v) is 16.7. The number of amides is 1. The lowest BCUT2D eigenvalue weighted by Crippen LogP contribution is -2.28. The molecule has 0 bridgehead atoms. The van der Waals surface area contributed by atoms with Crippen molar-refractivity contribution in [2.75, 3.05) is 13.6 Å². The van der Waals surface area contributed by atoms with Crippen molar-refractivity contribution in [2.24, 2.45) is 0 Å². The van der Waals surface area contributed by atoms with Crippen molar-refractivity contribution in [1.82, 2.24) is 9.62 Å². The summed E-state index contributed by atoms with van der Waals surface area (Å²) in [4.78, 5) is 13.4. The first-order chi connectivity index (χ1) is 12.7. The second-order valence-corrected chi connectivity index (χ2v) is 8.18. The molecule has 0 aliphatic heterocycles. The van der Waals surface area contributed by atoms with Gasteiger partial charge in [-0.3, -0.25) is 4.79 Å². The van der Waals surface area contributed by atoms with Crippen LogP contribution in [0.3, 0.4) is 0 Å². The molecule has 0 unspecified atom stereocenters. The van der Waals surface area contributed by atoms with Crippen LogP contribution < -0.4 is 4.72 Å². The molecule has 9 heteroatoms. The third kappa shape index (κ3) is 5.07. The third-order valence-corrected chi connectivity index (χ3v) is 5.97. The number of nitrogens with zero attached hydrogens (tertiary/aromatic N) is 1. The second kappa shape index (κ2) is 8.84. The van der Waals surface area contributed by atoms with Crippen LogP contribution >= 0.6 is 23.2 Å². The zero-order chi connectivity index (χ0) is 20.2. The Morgan fingerprint density at radius 1 is 1.30 bits per heavy atom. The molecule has 27 heavy (non-hydrogen) atoms. The van der Waals surface area contributed by atoms with Crippen LogP contribution in [0.2, 0.25) is 10.0 Å². The summed E-state index contributed by atoms with van der Waals surface area (Å²) >= 11 is 12.1. The van der Waals surface area contributed by atoms with E-state index in [9.17, 15) is 17.6 Å². The molecular formula is C18H17Cl2FN2O3S. The first-order valence-electron chi connectivity index (χ1n) is 7.76. The normalized spacial score (nSPS) is 11.3. The van der Waals surface area contributed by atoms with Crippen LogP contribution in [0.25, 0.3) is 0 Å². The summed E-state index contributed by atoms with van der Waals surface area (Å²) in [7, 11) is -2.59. The number of carbonyl (C=O) groups is 1. The highest BCUT2D eigenvalue weighted by molar-refractivity contribution is 7.89. The Kier molecular flexibility index (Phi) is 7.00. The Labute approximate surface area is 167 Å². The number of benzene rings is 2. The average molecular weight is 431 g/mol. The molecule has 0 aliphatic rings. The molecule has 0 radical (unpaired) electrons. The maximum absolute atomic E-state index is 14.0. The first kappa shape index (κ1) is 21.4. The maximum atomic E-state index is 14.0. The molecule has 0 aromatic heterocycles. The fourth-order valence-electron chi connectivity index (χ4n) is 2.31. The van der Waals surface area contributed by atoms with Gasteiger partial charge in [0.15, 0.2) is 0 Å². The quantitative estimate of drug-likeness (QED) is 0.677. The lowest BCUT2D eigenvalue weighted by Gasteiger charge is -2.19. The number of halogens is 3. The van der Waals surface area contributed by atoms with Crippen molar-refractivity contribution < 1.29 is 17.6 Å². The Bertz CT molecular complexity index is 981. The van der Waals surface area contributed by atoms with E-state index in [0.29, 0.717) is 15.6 Å². The Morgan fingerprint density at radius 3 is 2.67 bits per heavy atom. The number of nitrogens with one attached hydrogen (secondary N) is 1. The van der Waals surface area contributed by atoms with Gasteiger partial charge in [0, 0.05) is 25.7 Å². The van der Waals surface area contributed by atoms with Gasteiger partial charge in [0.25, 0.3) is 5.91 Å². The molecule has 5 nitrogen and oxygen atoms in total. The van der Waals surface area contributed by atoms with E-state index < -0.39 is 26.6 Å². The average Bonchev–Trinajstić information content (AvgIpc) is 2.63. The van der Waals surface area contributed by atoms with Gasteiger partial charge in [0.1, 0.15) is 10.7 Å². The summed E-state index contributed by atoms with van der Waals surface area (Å²) in [6.45, 7) is 3.48. The fraction of sp³-hybridized carbons (Fsp3) is 0.167. The molecule has 0 fully saturated rings. The van der Waals surface area contributed by atoms with E-state index >= 15 is 0 Å². The Hall–Kier alpha value is -1.93. The first-order valence-corrected chi connectivity index (χ1v) is 9.99. The predicted octanol–water partition coefficient (Wildman–Crippen LogP) is 3.87. The summed E-state index contributed by atoms with van der Waals surface area (Å²) in [6, 6.07) is 8.21. The van der Waals surface area contributed by atoms with Gasteiger partial charge in [0.05, 0.1) is 10.0 Å².